The van der Waals surface area contributed by atoms with Gasteiger partial charge in [0, 0.05) is 3.57 Å². The fourth-order valence-electron chi connectivity index (χ4n) is 2.31. The summed E-state index contributed by atoms with van der Waals surface area (Å²) >= 11 is 2.13. The second-order valence-electron chi connectivity index (χ2n) is 5.32. The average Bonchev–Trinajstić information content (AvgIpc) is 2.56. The molecule has 0 saturated heterocycles. The molecule has 24 heavy (non-hydrogen) atoms. The molecule has 1 atom stereocenters. The number of nitrogens with one attached hydrogen (secondary N) is 1. The van der Waals surface area contributed by atoms with Crippen LogP contribution in [0.25, 0.3) is 0 Å². The van der Waals surface area contributed by atoms with E-state index in [1.54, 1.807) is 25.3 Å². The SMILES string of the molecule is COc1ccc(C[C@H](CC(=O)O)C(=O)Nc2ccccc2I)cc1. The van der Waals surface area contributed by atoms with Gasteiger partial charge in [0.25, 0.3) is 0 Å². The minimum absolute atomic E-state index is 0.221. The Morgan fingerprint density at radius 1 is 1.17 bits per heavy atom. The predicted molar refractivity (Wildman–Crippen MR) is 100 cm³/mol. The van der Waals surface area contributed by atoms with Gasteiger partial charge in [-0.2, -0.15) is 0 Å². The van der Waals surface area contributed by atoms with Gasteiger partial charge in [-0.1, -0.05) is 24.3 Å². The fourth-order valence-corrected chi connectivity index (χ4v) is 2.83. The molecule has 0 aliphatic rings. The number of aliphatic carboxylic acids is 1. The number of carbonyl (C=O) groups is 2. The molecule has 0 aliphatic carbocycles. The fraction of sp³-hybridized carbons (Fsp3) is 0.222. The molecule has 0 aromatic heterocycles. The number of para-hydroxylation sites is 1. The second kappa shape index (κ2) is 8.68. The third-order valence-corrected chi connectivity index (χ3v) is 4.51. The van der Waals surface area contributed by atoms with Crippen molar-refractivity contribution >= 4 is 40.2 Å². The minimum atomic E-state index is -0.994. The maximum absolute atomic E-state index is 12.5. The van der Waals surface area contributed by atoms with E-state index in [1.165, 1.54) is 0 Å². The highest BCUT2D eigenvalue weighted by Gasteiger charge is 2.23. The number of amides is 1. The largest absolute Gasteiger partial charge is 0.497 e. The normalized spacial score (nSPS) is 11.6. The van der Waals surface area contributed by atoms with Crippen molar-refractivity contribution in [1.82, 2.24) is 0 Å². The average molecular weight is 439 g/mol. The summed E-state index contributed by atoms with van der Waals surface area (Å²) in [5.74, 6) is -1.22. The van der Waals surface area contributed by atoms with Crippen molar-refractivity contribution in [3.63, 3.8) is 0 Å². The smallest absolute Gasteiger partial charge is 0.304 e. The Labute approximate surface area is 154 Å². The van der Waals surface area contributed by atoms with Crippen LogP contribution in [0.4, 0.5) is 5.69 Å². The van der Waals surface area contributed by atoms with Crippen LogP contribution in [0.15, 0.2) is 48.5 Å². The molecule has 0 aliphatic heterocycles. The van der Waals surface area contributed by atoms with E-state index in [1.807, 2.05) is 30.3 Å². The first-order valence-electron chi connectivity index (χ1n) is 7.39. The van der Waals surface area contributed by atoms with Crippen molar-refractivity contribution in [2.75, 3.05) is 12.4 Å². The summed E-state index contributed by atoms with van der Waals surface area (Å²) in [6, 6.07) is 14.7. The van der Waals surface area contributed by atoms with Crippen LogP contribution >= 0.6 is 22.6 Å². The lowest BCUT2D eigenvalue weighted by Crippen LogP contribution is -2.27. The molecular formula is C18H18INO4. The molecule has 0 fully saturated rings. The lowest BCUT2D eigenvalue weighted by Gasteiger charge is -2.16. The zero-order chi connectivity index (χ0) is 17.5. The highest BCUT2D eigenvalue weighted by atomic mass is 127. The molecule has 6 heteroatoms. The number of anilines is 1. The van der Waals surface area contributed by atoms with E-state index in [2.05, 4.69) is 27.9 Å². The van der Waals surface area contributed by atoms with Crippen LogP contribution in [0.2, 0.25) is 0 Å². The first kappa shape index (κ1) is 18.3. The van der Waals surface area contributed by atoms with E-state index in [4.69, 9.17) is 9.84 Å². The molecule has 1 amide bonds. The Kier molecular flexibility index (Phi) is 6.60. The van der Waals surface area contributed by atoms with Gasteiger partial charge >= 0.3 is 5.97 Å². The topological polar surface area (TPSA) is 75.6 Å². The van der Waals surface area contributed by atoms with Gasteiger partial charge in [0.1, 0.15) is 5.75 Å². The van der Waals surface area contributed by atoms with E-state index in [9.17, 15) is 9.59 Å². The number of hydrogen-bond donors (Lipinski definition) is 2. The Morgan fingerprint density at radius 3 is 2.42 bits per heavy atom. The lowest BCUT2D eigenvalue weighted by atomic mass is 9.95. The molecule has 5 nitrogen and oxygen atoms in total. The van der Waals surface area contributed by atoms with E-state index in [-0.39, 0.29) is 12.3 Å². The van der Waals surface area contributed by atoms with Crippen LogP contribution in [0.3, 0.4) is 0 Å². The number of benzene rings is 2. The van der Waals surface area contributed by atoms with E-state index < -0.39 is 11.9 Å². The summed E-state index contributed by atoms with van der Waals surface area (Å²) in [6.07, 6.45) is 0.132. The summed E-state index contributed by atoms with van der Waals surface area (Å²) in [4.78, 5) is 23.6. The van der Waals surface area contributed by atoms with Crippen molar-refractivity contribution in [3.05, 3.63) is 57.7 Å². The van der Waals surface area contributed by atoms with E-state index in [0.717, 1.165) is 14.9 Å². The summed E-state index contributed by atoms with van der Waals surface area (Å²) in [6.45, 7) is 0. The molecule has 0 radical (unpaired) electrons. The second-order valence-corrected chi connectivity index (χ2v) is 6.48. The quantitative estimate of drug-likeness (QED) is 0.647. The minimum Gasteiger partial charge on any atom is -0.497 e. The Bertz CT molecular complexity index is 715. The van der Waals surface area contributed by atoms with Gasteiger partial charge in [0.05, 0.1) is 25.1 Å². The van der Waals surface area contributed by atoms with Crippen LogP contribution in [0.5, 0.6) is 5.75 Å². The molecular weight excluding hydrogens is 421 g/mol. The van der Waals surface area contributed by atoms with Gasteiger partial charge in [-0.05, 0) is 58.8 Å². The first-order valence-corrected chi connectivity index (χ1v) is 8.47. The maximum atomic E-state index is 12.5. The summed E-state index contributed by atoms with van der Waals surface area (Å²) in [5, 5.41) is 11.9. The number of carbonyl (C=O) groups excluding carboxylic acids is 1. The molecule has 2 rings (SSSR count). The van der Waals surface area contributed by atoms with Crippen LogP contribution in [-0.4, -0.2) is 24.1 Å². The number of methoxy groups -OCH3 is 1. The Morgan fingerprint density at radius 2 is 1.83 bits per heavy atom. The number of carboxylic acid groups (broad SMARTS) is 1. The van der Waals surface area contributed by atoms with Gasteiger partial charge in [0.15, 0.2) is 0 Å². The highest BCUT2D eigenvalue weighted by Crippen LogP contribution is 2.21. The standard InChI is InChI=1S/C18H18INO4/c1-24-14-8-6-12(7-9-14)10-13(11-17(21)22)18(23)20-16-5-3-2-4-15(16)19/h2-9,13H,10-11H2,1H3,(H,20,23)(H,21,22)/t13-/m1/s1. The molecule has 0 spiro atoms. The molecule has 2 aromatic carbocycles. The number of rotatable bonds is 7. The molecule has 2 aromatic rings. The molecule has 0 saturated carbocycles. The third kappa shape index (κ3) is 5.23. The van der Waals surface area contributed by atoms with Gasteiger partial charge in [-0.3, -0.25) is 9.59 Å². The molecule has 0 heterocycles. The van der Waals surface area contributed by atoms with Crippen LogP contribution in [0.1, 0.15) is 12.0 Å². The van der Waals surface area contributed by atoms with Crippen molar-refractivity contribution in [1.29, 1.82) is 0 Å². The summed E-state index contributed by atoms with van der Waals surface area (Å²) in [5.41, 5.74) is 1.58. The number of ether oxygens (including phenoxy) is 1. The maximum Gasteiger partial charge on any atom is 0.304 e. The summed E-state index contributed by atoms with van der Waals surface area (Å²) < 4.78 is 6.01. The zero-order valence-electron chi connectivity index (χ0n) is 13.2. The van der Waals surface area contributed by atoms with Crippen molar-refractivity contribution in [3.8, 4) is 5.75 Å². The van der Waals surface area contributed by atoms with Gasteiger partial charge in [0.2, 0.25) is 5.91 Å². The van der Waals surface area contributed by atoms with Gasteiger partial charge in [-0.15, -0.1) is 0 Å². The lowest BCUT2D eigenvalue weighted by molar-refractivity contribution is -0.140. The number of carboxylic acids is 1. The predicted octanol–water partition coefficient (Wildman–Crippen LogP) is 3.57. The first-order chi connectivity index (χ1) is 11.5. The van der Waals surface area contributed by atoms with Crippen molar-refractivity contribution in [2.45, 2.75) is 12.8 Å². The van der Waals surface area contributed by atoms with E-state index in [0.29, 0.717) is 12.1 Å². The Balaban J connectivity index is 2.12. The zero-order valence-corrected chi connectivity index (χ0v) is 15.3. The van der Waals surface area contributed by atoms with Crippen molar-refractivity contribution < 1.29 is 19.4 Å². The molecule has 0 unspecified atom stereocenters. The number of halogens is 1. The molecule has 2 N–H and O–H groups in total. The summed E-state index contributed by atoms with van der Waals surface area (Å²) in [7, 11) is 1.58. The van der Waals surface area contributed by atoms with Crippen molar-refractivity contribution in [2.24, 2.45) is 5.92 Å². The Hall–Kier alpha value is -2.09. The van der Waals surface area contributed by atoms with Gasteiger partial charge < -0.3 is 15.2 Å². The molecule has 0 bridgehead atoms. The van der Waals surface area contributed by atoms with Crippen LogP contribution in [-0.2, 0) is 16.0 Å². The number of hydrogen-bond acceptors (Lipinski definition) is 3. The highest BCUT2D eigenvalue weighted by molar-refractivity contribution is 14.1. The molecule has 126 valence electrons. The third-order valence-electron chi connectivity index (χ3n) is 3.56. The van der Waals surface area contributed by atoms with Crippen LogP contribution < -0.4 is 10.1 Å². The van der Waals surface area contributed by atoms with Gasteiger partial charge in [-0.25, -0.2) is 0 Å². The van der Waals surface area contributed by atoms with Crippen LogP contribution in [0, 0.1) is 9.49 Å². The van der Waals surface area contributed by atoms with E-state index >= 15 is 0 Å². The monoisotopic (exact) mass is 439 g/mol.